The largest absolute Gasteiger partial charge is 0.481 e. The SMILES string of the molecule is CC(C)C(CNC(=O)NCc1nccn1C)C(=O)O. The Hall–Kier alpha value is -2.05. The molecule has 7 heteroatoms. The minimum atomic E-state index is -0.903. The summed E-state index contributed by atoms with van der Waals surface area (Å²) < 4.78 is 1.80. The van der Waals surface area contributed by atoms with Crippen LogP contribution in [0.5, 0.6) is 0 Å². The summed E-state index contributed by atoms with van der Waals surface area (Å²) in [5.41, 5.74) is 0. The highest BCUT2D eigenvalue weighted by Gasteiger charge is 2.21. The molecule has 0 fully saturated rings. The van der Waals surface area contributed by atoms with Crippen molar-refractivity contribution in [3.63, 3.8) is 0 Å². The number of aryl methyl sites for hydroxylation is 1. The van der Waals surface area contributed by atoms with Crippen LogP contribution in [0.1, 0.15) is 19.7 Å². The van der Waals surface area contributed by atoms with E-state index in [4.69, 9.17) is 5.11 Å². The van der Waals surface area contributed by atoms with Crippen LogP contribution in [-0.2, 0) is 18.4 Å². The highest BCUT2D eigenvalue weighted by molar-refractivity contribution is 5.75. The first-order chi connectivity index (χ1) is 8.91. The quantitative estimate of drug-likeness (QED) is 0.703. The Kier molecular flexibility index (Phi) is 5.35. The standard InChI is InChI=1S/C12H20N4O3/c1-8(2)9(11(17)18)6-14-12(19)15-7-10-13-4-5-16(10)3/h4-5,8-9H,6-7H2,1-3H3,(H,17,18)(H2,14,15,19). The van der Waals surface area contributed by atoms with Crippen LogP contribution in [0.3, 0.4) is 0 Å². The van der Waals surface area contributed by atoms with Gasteiger partial charge in [-0.2, -0.15) is 0 Å². The molecule has 0 aliphatic rings. The highest BCUT2D eigenvalue weighted by atomic mass is 16.4. The first-order valence-electron chi connectivity index (χ1n) is 6.12. The molecule has 2 amide bonds. The second kappa shape index (κ2) is 6.77. The lowest BCUT2D eigenvalue weighted by Gasteiger charge is -2.16. The number of carboxylic acid groups (broad SMARTS) is 1. The van der Waals surface area contributed by atoms with Gasteiger partial charge in [0.15, 0.2) is 0 Å². The maximum atomic E-state index is 11.5. The number of carboxylic acids is 1. The summed E-state index contributed by atoms with van der Waals surface area (Å²) in [6.45, 7) is 4.03. The zero-order valence-electron chi connectivity index (χ0n) is 11.4. The molecule has 3 N–H and O–H groups in total. The Balaban J connectivity index is 2.35. The third kappa shape index (κ3) is 4.61. The number of nitrogens with zero attached hydrogens (tertiary/aromatic N) is 2. The van der Waals surface area contributed by atoms with Crippen LogP contribution in [-0.4, -0.2) is 33.2 Å². The van der Waals surface area contributed by atoms with Gasteiger partial charge in [0, 0.05) is 26.0 Å². The lowest BCUT2D eigenvalue weighted by molar-refractivity contribution is -0.142. The summed E-state index contributed by atoms with van der Waals surface area (Å²) in [5.74, 6) is -0.792. The molecule has 0 spiro atoms. The van der Waals surface area contributed by atoms with Crippen molar-refractivity contribution in [3.8, 4) is 0 Å². The lowest BCUT2D eigenvalue weighted by atomic mass is 9.96. The van der Waals surface area contributed by atoms with Crippen LogP contribution >= 0.6 is 0 Å². The number of nitrogens with one attached hydrogen (secondary N) is 2. The van der Waals surface area contributed by atoms with Gasteiger partial charge in [0.1, 0.15) is 5.82 Å². The number of amides is 2. The fraction of sp³-hybridized carbons (Fsp3) is 0.583. The minimum absolute atomic E-state index is 0.0349. The molecule has 1 aromatic heterocycles. The van der Waals surface area contributed by atoms with Crippen molar-refractivity contribution in [2.24, 2.45) is 18.9 Å². The van der Waals surface area contributed by atoms with Crippen LogP contribution < -0.4 is 10.6 Å². The first-order valence-corrected chi connectivity index (χ1v) is 6.12. The first kappa shape index (κ1) is 15.0. The lowest BCUT2D eigenvalue weighted by Crippen LogP contribution is -2.41. The summed E-state index contributed by atoms with van der Waals surface area (Å²) in [6, 6.07) is -0.394. The number of urea groups is 1. The van der Waals surface area contributed by atoms with Crippen molar-refractivity contribution in [2.45, 2.75) is 20.4 Å². The smallest absolute Gasteiger partial charge is 0.315 e. The van der Waals surface area contributed by atoms with E-state index in [9.17, 15) is 9.59 Å². The molecule has 106 valence electrons. The van der Waals surface area contributed by atoms with Crippen molar-refractivity contribution in [1.82, 2.24) is 20.2 Å². The highest BCUT2D eigenvalue weighted by Crippen LogP contribution is 2.09. The van der Waals surface area contributed by atoms with Gasteiger partial charge in [0.2, 0.25) is 0 Å². The Morgan fingerprint density at radius 2 is 2.11 bits per heavy atom. The average Bonchev–Trinajstić information content (AvgIpc) is 2.71. The molecule has 1 atom stereocenters. The summed E-state index contributed by atoms with van der Waals surface area (Å²) in [4.78, 5) is 26.6. The molecular weight excluding hydrogens is 248 g/mol. The Bertz CT molecular complexity index is 442. The van der Waals surface area contributed by atoms with Crippen molar-refractivity contribution >= 4 is 12.0 Å². The molecular formula is C12H20N4O3. The number of carbonyl (C=O) groups is 2. The molecule has 0 saturated carbocycles. The topological polar surface area (TPSA) is 96.3 Å². The molecule has 0 aliphatic heterocycles. The molecule has 7 nitrogen and oxygen atoms in total. The van der Waals surface area contributed by atoms with Gasteiger partial charge in [-0.3, -0.25) is 4.79 Å². The molecule has 1 aromatic rings. The van der Waals surface area contributed by atoms with E-state index in [-0.39, 0.29) is 12.5 Å². The van der Waals surface area contributed by atoms with Gasteiger partial charge in [0.05, 0.1) is 12.5 Å². The van der Waals surface area contributed by atoms with E-state index in [0.29, 0.717) is 6.54 Å². The molecule has 0 bridgehead atoms. The zero-order valence-corrected chi connectivity index (χ0v) is 11.4. The van der Waals surface area contributed by atoms with E-state index in [2.05, 4.69) is 15.6 Å². The number of rotatable bonds is 6. The van der Waals surface area contributed by atoms with Gasteiger partial charge < -0.3 is 20.3 Å². The monoisotopic (exact) mass is 268 g/mol. The Labute approximate surface area is 112 Å². The summed E-state index contributed by atoms with van der Waals surface area (Å²) in [6.07, 6.45) is 3.43. The molecule has 0 radical (unpaired) electrons. The van der Waals surface area contributed by atoms with Gasteiger partial charge >= 0.3 is 12.0 Å². The third-order valence-electron chi connectivity index (χ3n) is 2.93. The summed E-state index contributed by atoms with van der Waals surface area (Å²) in [7, 11) is 1.83. The molecule has 1 heterocycles. The maximum absolute atomic E-state index is 11.5. The number of imidazole rings is 1. The van der Waals surface area contributed by atoms with Crippen LogP contribution in [0.25, 0.3) is 0 Å². The Morgan fingerprint density at radius 1 is 1.42 bits per heavy atom. The van der Waals surface area contributed by atoms with Crippen LogP contribution in [0.15, 0.2) is 12.4 Å². The number of hydrogen-bond donors (Lipinski definition) is 3. The van der Waals surface area contributed by atoms with Gasteiger partial charge in [-0.1, -0.05) is 13.8 Å². The second-order valence-electron chi connectivity index (χ2n) is 4.71. The second-order valence-corrected chi connectivity index (χ2v) is 4.71. The van der Waals surface area contributed by atoms with E-state index in [1.807, 2.05) is 20.9 Å². The van der Waals surface area contributed by atoms with Crippen molar-refractivity contribution in [3.05, 3.63) is 18.2 Å². The number of aliphatic carboxylic acids is 1. The van der Waals surface area contributed by atoms with E-state index >= 15 is 0 Å². The summed E-state index contributed by atoms with van der Waals surface area (Å²) in [5, 5.41) is 14.2. The predicted molar refractivity (Wildman–Crippen MR) is 69.4 cm³/mol. The predicted octanol–water partition coefficient (Wildman–Crippen LogP) is 0.576. The minimum Gasteiger partial charge on any atom is -0.481 e. The van der Waals surface area contributed by atoms with E-state index in [1.165, 1.54) is 0 Å². The molecule has 0 saturated heterocycles. The average molecular weight is 268 g/mol. The fourth-order valence-corrected chi connectivity index (χ4v) is 1.60. The fourth-order valence-electron chi connectivity index (χ4n) is 1.60. The number of hydrogen-bond acceptors (Lipinski definition) is 3. The van der Waals surface area contributed by atoms with Crippen molar-refractivity contribution in [1.29, 1.82) is 0 Å². The van der Waals surface area contributed by atoms with E-state index in [1.54, 1.807) is 17.0 Å². The van der Waals surface area contributed by atoms with Crippen LogP contribution in [0.4, 0.5) is 4.79 Å². The molecule has 1 rings (SSSR count). The third-order valence-corrected chi connectivity index (χ3v) is 2.93. The van der Waals surface area contributed by atoms with Crippen molar-refractivity contribution in [2.75, 3.05) is 6.54 Å². The van der Waals surface area contributed by atoms with Crippen LogP contribution in [0, 0.1) is 11.8 Å². The van der Waals surface area contributed by atoms with Gasteiger partial charge in [-0.05, 0) is 5.92 Å². The zero-order chi connectivity index (χ0) is 14.4. The van der Waals surface area contributed by atoms with Crippen molar-refractivity contribution < 1.29 is 14.7 Å². The number of carbonyl (C=O) groups excluding carboxylic acids is 1. The van der Waals surface area contributed by atoms with Crippen LogP contribution in [0.2, 0.25) is 0 Å². The van der Waals surface area contributed by atoms with E-state index in [0.717, 1.165) is 5.82 Å². The molecule has 19 heavy (non-hydrogen) atoms. The Morgan fingerprint density at radius 3 is 2.58 bits per heavy atom. The van der Waals surface area contributed by atoms with Gasteiger partial charge in [-0.25, -0.2) is 9.78 Å². The maximum Gasteiger partial charge on any atom is 0.315 e. The molecule has 0 aliphatic carbocycles. The molecule has 0 aromatic carbocycles. The van der Waals surface area contributed by atoms with Gasteiger partial charge in [0.25, 0.3) is 0 Å². The van der Waals surface area contributed by atoms with Gasteiger partial charge in [-0.15, -0.1) is 0 Å². The molecule has 1 unspecified atom stereocenters. The normalized spacial score (nSPS) is 12.2. The van der Waals surface area contributed by atoms with E-state index < -0.39 is 17.9 Å². The number of aromatic nitrogens is 2. The summed E-state index contributed by atoms with van der Waals surface area (Å²) >= 11 is 0.